The standard InChI is InChI=1S/C17H19NO3/c1-12-5-4-6-13(9-12)10-17(19)18-14-7-8-15(20-2)16(11-14)21-3/h4-9,11H,10H2,1-3H3,(H,18,19). The van der Waals surface area contributed by atoms with E-state index in [-0.39, 0.29) is 5.91 Å². The van der Waals surface area contributed by atoms with Crippen LogP contribution >= 0.6 is 0 Å². The number of ether oxygens (including phenoxy) is 2. The van der Waals surface area contributed by atoms with Crippen molar-refractivity contribution in [3.63, 3.8) is 0 Å². The lowest BCUT2D eigenvalue weighted by molar-refractivity contribution is -0.115. The zero-order chi connectivity index (χ0) is 15.2. The Kier molecular flexibility index (Phi) is 4.82. The number of hydrogen-bond acceptors (Lipinski definition) is 3. The number of amides is 1. The fourth-order valence-corrected chi connectivity index (χ4v) is 2.13. The number of rotatable bonds is 5. The van der Waals surface area contributed by atoms with Crippen molar-refractivity contribution >= 4 is 11.6 Å². The van der Waals surface area contributed by atoms with Crippen molar-refractivity contribution in [3.05, 3.63) is 53.6 Å². The van der Waals surface area contributed by atoms with Crippen molar-refractivity contribution in [2.45, 2.75) is 13.3 Å². The minimum Gasteiger partial charge on any atom is -0.493 e. The first kappa shape index (κ1) is 14.9. The molecule has 4 heteroatoms. The highest BCUT2D eigenvalue weighted by molar-refractivity contribution is 5.92. The SMILES string of the molecule is COc1ccc(NC(=O)Cc2cccc(C)c2)cc1OC. The fourth-order valence-electron chi connectivity index (χ4n) is 2.13. The summed E-state index contributed by atoms with van der Waals surface area (Å²) in [6.45, 7) is 2.01. The van der Waals surface area contributed by atoms with Crippen molar-refractivity contribution in [1.29, 1.82) is 0 Å². The fraction of sp³-hybridized carbons (Fsp3) is 0.235. The molecule has 0 spiro atoms. The Morgan fingerprint density at radius 2 is 1.81 bits per heavy atom. The van der Waals surface area contributed by atoms with E-state index < -0.39 is 0 Å². The van der Waals surface area contributed by atoms with Crippen molar-refractivity contribution in [2.24, 2.45) is 0 Å². The maximum atomic E-state index is 12.1. The first-order valence-electron chi connectivity index (χ1n) is 6.70. The van der Waals surface area contributed by atoms with E-state index in [4.69, 9.17) is 9.47 Å². The van der Waals surface area contributed by atoms with Crippen LogP contribution in [0.2, 0.25) is 0 Å². The third kappa shape index (κ3) is 3.99. The molecule has 21 heavy (non-hydrogen) atoms. The van der Waals surface area contributed by atoms with Crippen LogP contribution in [0.4, 0.5) is 5.69 Å². The lowest BCUT2D eigenvalue weighted by atomic mass is 10.1. The molecule has 2 aromatic rings. The third-order valence-electron chi connectivity index (χ3n) is 3.11. The number of aryl methyl sites for hydroxylation is 1. The summed E-state index contributed by atoms with van der Waals surface area (Å²) < 4.78 is 10.4. The van der Waals surface area contributed by atoms with E-state index in [1.807, 2.05) is 31.2 Å². The Morgan fingerprint density at radius 3 is 2.48 bits per heavy atom. The predicted molar refractivity (Wildman–Crippen MR) is 83.1 cm³/mol. The molecule has 0 aliphatic heterocycles. The third-order valence-corrected chi connectivity index (χ3v) is 3.11. The van der Waals surface area contributed by atoms with E-state index in [1.165, 1.54) is 0 Å². The number of anilines is 1. The molecule has 0 radical (unpaired) electrons. The van der Waals surface area contributed by atoms with Crippen molar-refractivity contribution < 1.29 is 14.3 Å². The van der Waals surface area contributed by atoms with Gasteiger partial charge in [-0.25, -0.2) is 0 Å². The molecular weight excluding hydrogens is 266 g/mol. The molecule has 1 amide bonds. The maximum absolute atomic E-state index is 12.1. The average molecular weight is 285 g/mol. The van der Waals surface area contributed by atoms with Gasteiger partial charge >= 0.3 is 0 Å². The highest BCUT2D eigenvalue weighted by Crippen LogP contribution is 2.29. The second kappa shape index (κ2) is 6.79. The minimum absolute atomic E-state index is 0.0622. The van der Waals surface area contributed by atoms with Crippen LogP contribution in [-0.4, -0.2) is 20.1 Å². The molecular formula is C17H19NO3. The second-order valence-corrected chi connectivity index (χ2v) is 4.78. The number of benzene rings is 2. The Bertz CT molecular complexity index is 638. The van der Waals surface area contributed by atoms with E-state index in [2.05, 4.69) is 5.32 Å². The van der Waals surface area contributed by atoms with E-state index in [1.54, 1.807) is 32.4 Å². The van der Waals surface area contributed by atoms with Crippen LogP contribution < -0.4 is 14.8 Å². The highest BCUT2D eigenvalue weighted by Gasteiger charge is 2.08. The van der Waals surface area contributed by atoms with Crippen LogP contribution in [-0.2, 0) is 11.2 Å². The molecule has 0 aliphatic carbocycles. The first-order chi connectivity index (χ1) is 10.1. The molecule has 2 aromatic carbocycles. The largest absolute Gasteiger partial charge is 0.493 e. The molecule has 4 nitrogen and oxygen atoms in total. The monoisotopic (exact) mass is 285 g/mol. The van der Waals surface area contributed by atoms with Crippen LogP contribution in [0.1, 0.15) is 11.1 Å². The Balaban J connectivity index is 2.06. The van der Waals surface area contributed by atoms with Crippen molar-refractivity contribution in [3.8, 4) is 11.5 Å². The average Bonchev–Trinajstić information content (AvgIpc) is 2.47. The zero-order valence-corrected chi connectivity index (χ0v) is 12.5. The van der Waals surface area contributed by atoms with Crippen LogP contribution in [0.15, 0.2) is 42.5 Å². The first-order valence-corrected chi connectivity index (χ1v) is 6.70. The number of carbonyl (C=O) groups is 1. The van der Waals surface area contributed by atoms with E-state index >= 15 is 0 Å². The summed E-state index contributed by atoms with van der Waals surface area (Å²) in [4.78, 5) is 12.1. The summed E-state index contributed by atoms with van der Waals surface area (Å²) in [6.07, 6.45) is 0.343. The molecule has 110 valence electrons. The second-order valence-electron chi connectivity index (χ2n) is 4.78. The van der Waals surface area contributed by atoms with Crippen LogP contribution in [0.25, 0.3) is 0 Å². The normalized spacial score (nSPS) is 10.0. The van der Waals surface area contributed by atoms with E-state index in [0.29, 0.717) is 23.6 Å². The summed E-state index contributed by atoms with van der Waals surface area (Å²) in [5.41, 5.74) is 2.82. The van der Waals surface area contributed by atoms with Gasteiger partial charge in [0.15, 0.2) is 11.5 Å². The van der Waals surface area contributed by atoms with Gasteiger partial charge in [-0.2, -0.15) is 0 Å². The summed E-state index contributed by atoms with van der Waals surface area (Å²) >= 11 is 0. The topological polar surface area (TPSA) is 47.6 Å². The lowest BCUT2D eigenvalue weighted by Gasteiger charge is -2.10. The van der Waals surface area contributed by atoms with Gasteiger partial charge in [0.1, 0.15) is 0 Å². The molecule has 0 heterocycles. The number of carbonyl (C=O) groups excluding carboxylic acids is 1. The summed E-state index contributed by atoms with van der Waals surface area (Å²) in [6, 6.07) is 13.2. The van der Waals surface area contributed by atoms with Crippen molar-refractivity contribution in [1.82, 2.24) is 0 Å². The summed E-state index contributed by atoms with van der Waals surface area (Å²) in [5.74, 6) is 1.16. The minimum atomic E-state index is -0.0622. The van der Waals surface area contributed by atoms with Crippen LogP contribution in [0.3, 0.4) is 0 Å². The Morgan fingerprint density at radius 1 is 1.05 bits per heavy atom. The molecule has 0 bridgehead atoms. The molecule has 0 aromatic heterocycles. The number of methoxy groups -OCH3 is 2. The molecule has 0 saturated heterocycles. The molecule has 2 rings (SSSR count). The van der Waals surface area contributed by atoms with Crippen LogP contribution in [0.5, 0.6) is 11.5 Å². The lowest BCUT2D eigenvalue weighted by Crippen LogP contribution is -2.14. The Labute approximate surface area is 124 Å². The number of hydrogen-bond donors (Lipinski definition) is 1. The van der Waals surface area contributed by atoms with E-state index in [0.717, 1.165) is 11.1 Å². The summed E-state index contributed by atoms with van der Waals surface area (Å²) in [5, 5.41) is 2.86. The van der Waals surface area contributed by atoms with Gasteiger partial charge < -0.3 is 14.8 Å². The van der Waals surface area contributed by atoms with Gasteiger partial charge in [0.2, 0.25) is 5.91 Å². The van der Waals surface area contributed by atoms with Gasteiger partial charge in [0, 0.05) is 11.8 Å². The quantitative estimate of drug-likeness (QED) is 0.917. The van der Waals surface area contributed by atoms with Gasteiger partial charge in [-0.1, -0.05) is 29.8 Å². The Hall–Kier alpha value is -2.49. The molecule has 1 N–H and O–H groups in total. The summed E-state index contributed by atoms with van der Waals surface area (Å²) in [7, 11) is 3.14. The smallest absolute Gasteiger partial charge is 0.228 e. The maximum Gasteiger partial charge on any atom is 0.228 e. The van der Waals surface area contributed by atoms with Gasteiger partial charge in [-0.15, -0.1) is 0 Å². The van der Waals surface area contributed by atoms with E-state index in [9.17, 15) is 4.79 Å². The number of nitrogens with one attached hydrogen (secondary N) is 1. The molecule has 0 fully saturated rings. The van der Waals surface area contributed by atoms with Gasteiger partial charge in [0.05, 0.1) is 20.6 Å². The predicted octanol–water partition coefficient (Wildman–Crippen LogP) is 3.19. The molecule has 0 saturated carbocycles. The zero-order valence-electron chi connectivity index (χ0n) is 12.5. The van der Waals surface area contributed by atoms with Gasteiger partial charge in [0.25, 0.3) is 0 Å². The molecule has 0 unspecified atom stereocenters. The van der Waals surface area contributed by atoms with Gasteiger partial charge in [-0.05, 0) is 24.6 Å². The molecule has 0 aliphatic rings. The molecule has 0 atom stereocenters. The highest BCUT2D eigenvalue weighted by atomic mass is 16.5. The van der Waals surface area contributed by atoms with Crippen LogP contribution in [0, 0.1) is 6.92 Å². The van der Waals surface area contributed by atoms with Crippen molar-refractivity contribution in [2.75, 3.05) is 19.5 Å². The van der Waals surface area contributed by atoms with Gasteiger partial charge in [-0.3, -0.25) is 4.79 Å².